The van der Waals surface area contributed by atoms with Gasteiger partial charge in [-0.25, -0.2) is 0 Å². The molecule has 0 aromatic heterocycles. The molecule has 355 valence electrons. The first-order chi connectivity index (χ1) is 20.2. The first-order valence-electron chi connectivity index (χ1n) is 12.9. The fraction of sp³-hybridized carbons (Fsp3) is 0.943. The third-order valence-electron chi connectivity index (χ3n) is 3.02. The Hall–Kier alpha value is -3.46. The third-order valence-corrected chi connectivity index (χ3v) is 3.02. The summed E-state index contributed by atoms with van der Waals surface area (Å²) in [5, 5.41) is 74.7. The maximum Gasteiger partial charge on any atom is 2.00 e. The van der Waals surface area contributed by atoms with Gasteiger partial charge >= 0.3 is 18.6 Å². The topological polar surface area (TPSA) is 250 Å². The number of hydrogen-bond acceptors (Lipinski definition) is 21. The average molecular weight is 873 g/mol. The molecule has 0 amide bonds. The molecule has 22 heteroatoms. The van der Waals surface area contributed by atoms with Crippen LogP contribution in [0.4, 0.5) is 0 Å². The van der Waals surface area contributed by atoms with E-state index in [1.54, 1.807) is 0 Å². The minimum Gasteiger partial charge on any atom is -0.591 e. The first-order valence-corrected chi connectivity index (χ1v) is 12.2. The largest absolute Gasteiger partial charge is 2.00 e. The third kappa shape index (κ3) is 144. The maximum atomic E-state index is 6.82. The van der Waals surface area contributed by atoms with E-state index in [4.69, 9.17) is 1.37 Å². The Balaban J connectivity index is -0.0000000239. The summed E-state index contributed by atoms with van der Waals surface area (Å²) in [6, 6.07) is 0. The molecule has 0 atom stereocenters. The van der Waals surface area contributed by atoms with Crippen LogP contribution in [-0.4, -0.2) is 84.6 Å². The van der Waals surface area contributed by atoms with Crippen molar-refractivity contribution in [3.05, 3.63) is 14.1 Å². The predicted octanol–water partition coefficient (Wildman–Crippen LogP) is 17.0. The Labute approximate surface area is 372 Å². The van der Waals surface area contributed by atoms with Gasteiger partial charge in [-0.1, -0.05) is 133 Å². The van der Waals surface area contributed by atoms with Crippen LogP contribution in [0.15, 0.2) is 102 Å². The molecule has 0 saturated carbocycles. The van der Waals surface area contributed by atoms with Crippen LogP contribution in [0.1, 0.15) is 154 Å². The Morgan fingerprint density at radius 2 is 0.526 bits per heavy atom. The zero-order chi connectivity index (χ0) is 30.3. The summed E-state index contributed by atoms with van der Waals surface area (Å²) in [4.78, 5) is 1.40. The molecule has 0 aliphatic rings. The average Bonchev–Trinajstić information content (AvgIpc) is 2.97. The molecule has 0 aliphatic heterocycles. The summed E-state index contributed by atoms with van der Waals surface area (Å²) in [7, 11) is 7.01. The molecule has 0 rings (SSSR count). The van der Waals surface area contributed by atoms with Gasteiger partial charge in [0.25, 0.3) is 0 Å². The molecule has 0 aliphatic carbocycles. The normalized spacial score (nSPS) is 9.53. The zero-order valence-electron chi connectivity index (χ0n) is 24.9. The number of rotatable bonds is 23. The molecule has 0 aromatic rings. The Morgan fingerprint density at radius 3 is 0.719 bits per heavy atom. The second-order valence-electron chi connectivity index (χ2n) is 6.44. The van der Waals surface area contributed by atoms with E-state index < -0.39 is 0 Å². The molecule has 1 radical (unpaired) electrons. The molecule has 0 heterocycles. The van der Waals surface area contributed by atoms with Crippen LogP contribution in [0.5, 0.6) is 0 Å². The van der Waals surface area contributed by atoms with E-state index in [9.17, 15) is 0 Å². The molecule has 21 nitrogen and oxygen atoms in total. The molecular formula is C35H105N21V. The quantitative estimate of drug-likeness (QED) is 0.0705. The van der Waals surface area contributed by atoms with Gasteiger partial charge in [-0.3, -0.25) is 0 Å². The van der Waals surface area contributed by atoms with Gasteiger partial charge in [0.15, 0.2) is 53.3 Å². The second-order valence-corrected chi connectivity index (χ2v) is 6.44. The van der Waals surface area contributed by atoms with E-state index in [0.717, 1.165) is 12.8 Å². The van der Waals surface area contributed by atoms with Gasteiger partial charge in [0, 0.05) is 1.37 Å². The SMILES string of the molecule is C.C.C.C.C.C.C.C.C.C.C.C.C.C.C.C.[3H]CCN=NCN=NCN=NCN=NCN=NCCC.[CH2-]N([CH2-])CN=NCN=NCN=NCN=NCN=NCCC.[V+2]. The molecule has 0 unspecified atom stereocenters. The van der Waals surface area contributed by atoms with E-state index in [0.29, 0.717) is 26.3 Å². The Bertz CT molecular complexity index is 822. The molecular weight excluding hydrogens is 765 g/mol. The van der Waals surface area contributed by atoms with Crippen LogP contribution in [0, 0.1) is 14.1 Å². The van der Waals surface area contributed by atoms with E-state index in [1.165, 1.54) is 4.90 Å². The molecule has 0 N–H and O–H groups in total. The zero-order valence-corrected chi connectivity index (χ0v) is 25.3. The van der Waals surface area contributed by atoms with Gasteiger partial charge in [0.05, 0.1) is 26.3 Å². The molecule has 0 fully saturated rings. The van der Waals surface area contributed by atoms with Crippen LogP contribution < -0.4 is 0 Å². The van der Waals surface area contributed by atoms with Crippen molar-refractivity contribution in [2.24, 2.45) is 102 Å². The van der Waals surface area contributed by atoms with Gasteiger partial charge < -0.3 is 19.0 Å². The fourth-order valence-corrected chi connectivity index (χ4v) is 1.49. The van der Waals surface area contributed by atoms with E-state index in [2.05, 4.69) is 116 Å². The van der Waals surface area contributed by atoms with E-state index in [1.807, 2.05) is 13.8 Å². The number of azo groups is 10. The standard InChI is InChI=1S/C10H21N11.C9H20N10.16CH4.V/c1-4-5-11-12-6-13-14-7-15-16-8-17-18-9-19-20-10-21(2)3;1-3-5-11-13-7-15-17-9-19-18-8-16-14-6-12-10-4-2;;;;;;;;;;;;;;;;;/h2-10H2,1H3;3-9H2,1-2H3;16*1H4;/q-2;;;;;;;;;;;;;;;;;;+2/i;2T;;;;;;;;;;;;;;;;;. The minimum absolute atomic E-state index is 0. The van der Waals surface area contributed by atoms with Crippen LogP contribution in [0.3, 0.4) is 0 Å². The van der Waals surface area contributed by atoms with Gasteiger partial charge in [-0.2, -0.15) is 102 Å². The van der Waals surface area contributed by atoms with Crippen LogP contribution in [0.25, 0.3) is 0 Å². The van der Waals surface area contributed by atoms with Gasteiger partial charge in [-0.05, 0) is 19.7 Å². The summed E-state index contributed by atoms with van der Waals surface area (Å²) in [6.07, 6.45) is 1.93. The second kappa shape index (κ2) is 124. The molecule has 0 aromatic carbocycles. The molecule has 0 saturated heterocycles. The van der Waals surface area contributed by atoms with Crippen molar-refractivity contribution in [2.75, 3.05) is 79.7 Å². The molecule has 57 heavy (non-hydrogen) atoms. The summed E-state index contributed by atoms with van der Waals surface area (Å²) in [5.41, 5.74) is 0. The summed E-state index contributed by atoms with van der Waals surface area (Å²) < 4.78 is 6.82. The van der Waals surface area contributed by atoms with Crippen molar-refractivity contribution in [2.45, 2.75) is 152 Å². The monoisotopic (exact) mass is 873 g/mol. The van der Waals surface area contributed by atoms with E-state index in [-0.39, 0.29) is 198 Å². The fourth-order valence-electron chi connectivity index (χ4n) is 1.49. The molecule has 0 bridgehead atoms. The number of nitrogens with zero attached hydrogens (tertiary/aromatic N) is 21. The van der Waals surface area contributed by atoms with Crippen molar-refractivity contribution in [1.29, 1.82) is 0 Å². The van der Waals surface area contributed by atoms with Crippen LogP contribution >= 0.6 is 0 Å². The van der Waals surface area contributed by atoms with Gasteiger partial charge in [0.2, 0.25) is 0 Å². The summed E-state index contributed by atoms with van der Waals surface area (Å²) >= 11 is 0. The van der Waals surface area contributed by atoms with Gasteiger partial charge in [-0.15, -0.1) is 0 Å². The molecule has 0 spiro atoms. The van der Waals surface area contributed by atoms with Gasteiger partial charge in [0.1, 0.15) is 0 Å². The van der Waals surface area contributed by atoms with E-state index >= 15 is 0 Å². The summed E-state index contributed by atoms with van der Waals surface area (Å²) in [5.74, 6) is 0. The van der Waals surface area contributed by atoms with Crippen LogP contribution in [-0.2, 0) is 18.6 Å². The minimum atomic E-state index is 0. The Morgan fingerprint density at radius 1 is 0.333 bits per heavy atom. The summed E-state index contributed by atoms with van der Waals surface area (Å²) in [6.45, 7) is 7.67. The van der Waals surface area contributed by atoms with Crippen LogP contribution in [0.2, 0.25) is 0 Å². The Kier molecular flexibility index (Phi) is 255. The van der Waals surface area contributed by atoms with Crippen molar-refractivity contribution >= 4 is 0 Å². The first kappa shape index (κ1) is 117. The van der Waals surface area contributed by atoms with Crippen molar-refractivity contribution in [3.63, 3.8) is 0 Å². The van der Waals surface area contributed by atoms with Crippen molar-refractivity contribution in [3.8, 4) is 0 Å². The predicted molar refractivity (Wildman–Crippen MR) is 253 cm³/mol. The smallest absolute Gasteiger partial charge is 0.591 e. The van der Waals surface area contributed by atoms with Crippen molar-refractivity contribution in [1.82, 2.24) is 4.90 Å². The maximum absolute atomic E-state index is 6.82. The number of hydrogen-bond donors (Lipinski definition) is 0. The van der Waals surface area contributed by atoms with Crippen molar-refractivity contribution < 1.29 is 19.9 Å².